The SMILES string of the molecule is O=C(CCNCc1cc(Br)ccc1OC(F)F)N1CCOCC1. The zero-order valence-corrected chi connectivity index (χ0v) is 14.2. The zero-order chi connectivity index (χ0) is 16.7. The molecule has 5 nitrogen and oxygen atoms in total. The molecule has 2 rings (SSSR count). The van der Waals surface area contributed by atoms with E-state index in [1.54, 1.807) is 17.0 Å². The molecule has 128 valence electrons. The number of hydrogen-bond acceptors (Lipinski definition) is 4. The lowest BCUT2D eigenvalue weighted by Crippen LogP contribution is -2.41. The third kappa shape index (κ3) is 6.04. The van der Waals surface area contributed by atoms with Crippen LogP contribution in [0.5, 0.6) is 5.75 Å². The summed E-state index contributed by atoms with van der Waals surface area (Å²) < 4.78 is 35.2. The van der Waals surface area contributed by atoms with Crippen LogP contribution in [0.1, 0.15) is 12.0 Å². The molecule has 0 atom stereocenters. The van der Waals surface area contributed by atoms with Gasteiger partial charge in [-0.25, -0.2) is 0 Å². The Bertz CT molecular complexity index is 525. The summed E-state index contributed by atoms with van der Waals surface area (Å²) >= 11 is 3.30. The van der Waals surface area contributed by atoms with Crippen molar-refractivity contribution in [2.24, 2.45) is 0 Å². The van der Waals surface area contributed by atoms with E-state index >= 15 is 0 Å². The molecular formula is C15H19BrF2N2O3. The van der Waals surface area contributed by atoms with E-state index < -0.39 is 6.61 Å². The first-order chi connectivity index (χ1) is 11.1. The third-order valence-corrected chi connectivity index (χ3v) is 3.93. The van der Waals surface area contributed by atoms with Gasteiger partial charge in [-0.1, -0.05) is 15.9 Å². The highest BCUT2D eigenvalue weighted by atomic mass is 79.9. The smallest absolute Gasteiger partial charge is 0.387 e. The fraction of sp³-hybridized carbons (Fsp3) is 0.533. The van der Waals surface area contributed by atoms with Crippen LogP contribution in [-0.2, 0) is 16.1 Å². The molecule has 0 bridgehead atoms. The van der Waals surface area contributed by atoms with Gasteiger partial charge in [0.1, 0.15) is 5.75 Å². The lowest BCUT2D eigenvalue weighted by Gasteiger charge is -2.26. The predicted octanol–water partition coefficient (Wildman–Crippen LogP) is 2.39. The topological polar surface area (TPSA) is 50.8 Å². The van der Waals surface area contributed by atoms with E-state index in [1.807, 2.05) is 0 Å². The van der Waals surface area contributed by atoms with Crippen molar-refractivity contribution in [3.8, 4) is 5.75 Å². The van der Waals surface area contributed by atoms with E-state index in [1.165, 1.54) is 6.07 Å². The van der Waals surface area contributed by atoms with Gasteiger partial charge in [0.05, 0.1) is 13.2 Å². The molecule has 8 heteroatoms. The Hall–Kier alpha value is -1.25. The molecule has 1 aliphatic rings. The van der Waals surface area contributed by atoms with Crippen LogP contribution in [0.15, 0.2) is 22.7 Å². The number of ether oxygens (including phenoxy) is 2. The molecule has 1 amide bonds. The van der Waals surface area contributed by atoms with Crippen molar-refractivity contribution in [1.82, 2.24) is 10.2 Å². The Morgan fingerprint density at radius 3 is 2.83 bits per heavy atom. The number of benzene rings is 1. The van der Waals surface area contributed by atoms with Crippen molar-refractivity contribution in [3.05, 3.63) is 28.2 Å². The maximum atomic E-state index is 12.4. The van der Waals surface area contributed by atoms with Crippen molar-refractivity contribution in [2.45, 2.75) is 19.6 Å². The molecule has 1 N–H and O–H groups in total. The Morgan fingerprint density at radius 2 is 2.13 bits per heavy atom. The van der Waals surface area contributed by atoms with Crippen LogP contribution in [0.2, 0.25) is 0 Å². The zero-order valence-electron chi connectivity index (χ0n) is 12.6. The van der Waals surface area contributed by atoms with Gasteiger partial charge in [0.25, 0.3) is 0 Å². The number of nitrogens with zero attached hydrogens (tertiary/aromatic N) is 1. The molecule has 0 aromatic heterocycles. The molecule has 23 heavy (non-hydrogen) atoms. The molecule has 1 aliphatic heterocycles. The highest BCUT2D eigenvalue weighted by Crippen LogP contribution is 2.24. The lowest BCUT2D eigenvalue weighted by molar-refractivity contribution is -0.135. The molecule has 1 saturated heterocycles. The van der Waals surface area contributed by atoms with Crippen LogP contribution in [0.4, 0.5) is 8.78 Å². The van der Waals surface area contributed by atoms with Gasteiger partial charge in [0, 0.05) is 42.6 Å². The summed E-state index contributed by atoms with van der Waals surface area (Å²) in [7, 11) is 0. The first-order valence-electron chi connectivity index (χ1n) is 7.36. The summed E-state index contributed by atoms with van der Waals surface area (Å²) in [4.78, 5) is 13.7. The summed E-state index contributed by atoms with van der Waals surface area (Å²) in [5, 5.41) is 3.09. The van der Waals surface area contributed by atoms with Gasteiger partial charge < -0.3 is 19.7 Å². The maximum absolute atomic E-state index is 12.4. The number of rotatable bonds is 7. The van der Waals surface area contributed by atoms with Crippen LogP contribution in [0.3, 0.4) is 0 Å². The number of carbonyl (C=O) groups excluding carboxylic acids is 1. The molecule has 0 unspecified atom stereocenters. The molecular weight excluding hydrogens is 374 g/mol. The summed E-state index contributed by atoms with van der Waals surface area (Å²) in [6.45, 7) is 0.345. The quantitative estimate of drug-likeness (QED) is 0.723. The van der Waals surface area contributed by atoms with Crippen LogP contribution < -0.4 is 10.1 Å². The molecule has 1 fully saturated rings. The standard InChI is InChI=1S/C15H19BrF2N2O3/c16-12-1-2-13(23-15(17)18)11(9-12)10-19-4-3-14(21)20-5-7-22-8-6-20/h1-2,9,15,19H,3-8,10H2. The average molecular weight is 393 g/mol. The molecule has 0 aliphatic carbocycles. The Labute approximate surface area is 142 Å². The first kappa shape index (κ1) is 18.1. The van der Waals surface area contributed by atoms with Crippen molar-refractivity contribution in [3.63, 3.8) is 0 Å². The van der Waals surface area contributed by atoms with Crippen LogP contribution in [0, 0.1) is 0 Å². The number of carbonyl (C=O) groups is 1. The monoisotopic (exact) mass is 392 g/mol. The van der Waals surface area contributed by atoms with Gasteiger partial charge in [0.15, 0.2) is 0 Å². The van der Waals surface area contributed by atoms with E-state index in [2.05, 4.69) is 26.0 Å². The fourth-order valence-electron chi connectivity index (χ4n) is 2.29. The third-order valence-electron chi connectivity index (χ3n) is 3.43. The number of alkyl halides is 2. The fourth-order valence-corrected chi connectivity index (χ4v) is 2.69. The Morgan fingerprint density at radius 1 is 1.39 bits per heavy atom. The van der Waals surface area contributed by atoms with Gasteiger partial charge in [-0.05, 0) is 18.2 Å². The number of morpholine rings is 1. The van der Waals surface area contributed by atoms with Crippen LogP contribution in [0.25, 0.3) is 0 Å². The minimum absolute atomic E-state index is 0.0686. The highest BCUT2D eigenvalue weighted by Gasteiger charge is 2.16. The van der Waals surface area contributed by atoms with Gasteiger partial charge in [-0.2, -0.15) is 8.78 Å². The van der Waals surface area contributed by atoms with Gasteiger partial charge in [-0.3, -0.25) is 4.79 Å². The minimum Gasteiger partial charge on any atom is -0.434 e. The van der Waals surface area contributed by atoms with E-state index in [4.69, 9.17) is 4.74 Å². The first-order valence-corrected chi connectivity index (χ1v) is 8.15. The number of nitrogens with one attached hydrogen (secondary N) is 1. The van der Waals surface area contributed by atoms with E-state index in [9.17, 15) is 13.6 Å². The number of halogens is 3. The second-order valence-corrected chi connectivity index (χ2v) is 5.97. The van der Waals surface area contributed by atoms with Crippen molar-refractivity contribution in [1.29, 1.82) is 0 Å². The minimum atomic E-state index is -2.86. The molecule has 0 radical (unpaired) electrons. The highest BCUT2D eigenvalue weighted by molar-refractivity contribution is 9.10. The summed E-state index contributed by atoms with van der Waals surface area (Å²) in [6.07, 6.45) is 0.360. The van der Waals surface area contributed by atoms with E-state index in [0.717, 1.165) is 4.47 Å². The normalized spacial score (nSPS) is 15.0. The van der Waals surface area contributed by atoms with Gasteiger partial charge in [-0.15, -0.1) is 0 Å². The van der Waals surface area contributed by atoms with Crippen molar-refractivity contribution >= 4 is 21.8 Å². The second kappa shape index (κ2) is 9.14. The van der Waals surface area contributed by atoms with Crippen molar-refractivity contribution in [2.75, 3.05) is 32.8 Å². The summed E-state index contributed by atoms with van der Waals surface area (Å²) in [6, 6.07) is 4.85. The number of hydrogen-bond donors (Lipinski definition) is 1. The second-order valence-electron chi connectivity index (χ2n) is 5.05. The molecule has 1 heterocycles. The molecule has 0 spiro atoms. The molecule has 1 aromatic carbocycles. The predicted molar refractivity (Wildman–Crippen MR) is 84.5 cm³/mol. The Kier molecular flexibility index (Phi) is 7.19. The number of amides is 1. The summed E-state index contributed by atoms with van der Waals surface area (Å²) in [5.74, 6) is 0.203. The van der Waals surface area contributed by atoms with Gasteiger partial charge in [0.2, 0.25) is 5.91 Å². The van der Waals surface area contributed by atoms with Gasteiger partial charge >= 0.3 is 6.61 Å². The lowest BCUT2D eigenvalue weighted by atomic mass is 10.2. The molecule has 1 aromatic rings. The van der Waals surface area contributed by atoms with Crippen LogP contribution in [-0.4, -0.2) is 50.3 Å². The van der Waals surface area contributed by atoms with Crippen LogP contribution >= 0.6 is 15.9 Å². The summed E-state index contributed by atoms with van der Waals surface area (Å²) in [5.41, 5.74) is 0.610. The largest absolute Gasteiger partial charge is 0.434 e. The average Bonchev–Trinajstić information content (AvgIpc) is 2.54. The maximum Gasteiger partial charge on any atom is 0.387 e. The van der Waals surface area contributed by atoms with E-state index in [0.29, 0.717) is 51.4 Å². The molecule has 0 saturated carbocycles. The van der Waals surface area contributed by atoms with Crippen molar-refractivity contribution < 1.29 is 23.0 Å². The van der Waals surface area contributed by atoms with E-state index in [-0.39, 0.29) is 11.7 Å². The Balaban J connectivity index is 1.79.